The predicted octanol–water partition coefficient (Wildman–Crippen LogP) is 4.00. The van der Waals surface area contributed by atoms with Gasteiger partial charge in [-0.05, 0) is 30.3 Å². The van der Waals surface area contributed by atoms with Gasteiger partial charge in [0.25, 0.3) is 10.0 Å². The van der Waals surface area contributed by atoms with E-state index in [4.69, 9.17) is 16.3 Å². The maximum atomic E-state index is 14.9. The predicted molar refractivity (Wildman–Crippen MR) is 128 cm³/mol. The average Bonchev–Trinajstić information content (AvgIpc) is 3.20. The number of nitrogens with zero attached hydrogens (tertiary/aromatic N) is 1. The molecule has 0 saturated heterocycles. The van der Waals surface area contributed by atoms with E-state index < -0.39 is 38.3 Å². The summed E-state index contributed by atoms with van der Waals surface area (Å²) in [5.41, 5.74) is 0.216. The maximum absolute atomic E-state index is 14.9. The van der Waals surface area contributed by atoms with Gasteiger partial charge in [-0.3, -0.25) is 9.82 Å². The van der Waals surface area contributed by atoms with E-state index in [-0.39, 0.29) is 18.7 Å². The molecule has 0 aliphatic carbocycles. The lowest BCUT2D eigenvalue weighted by Crippen LogP contribution is -2.26. The zero-order valence-electron chi connectivity index (χ0n) is 18.1. The minimum atomic E-state index is -4.36. The summed E-state index contributed by atoms with van der Waals surface area (Å²) in [5, 5.41) is 21.2. The number of hydrogen-bond donors (Lipinski definition) is 4. The number of aromatic amines is 1. The van der Waals surface area contributed by atoms with Gasteiger partial charge >= 0.3 is 0 Å². The number of hydrogen-bond acceptors (Lipinski definition) is 6. The van der Waals surface area contributed by atoms with Crippen molar-refractivity contribution < 1.29 is 27.0 Å². The Morgan fingerprint density at radius 2 is 1.91 bits per heavy atom. The van der Waals surface area contributed by atoms with E-state index in [0.717, 1.165) is 23.0 Å². The molecular weight excluding hydrogens is 502 g/mol. The number of ether oxygens (including phenoxy) is 1. The molecule has 184 valence electrons. The second-order valence-electron chi connectivity index (χ2n) is 7.53. The number of anilines is 1. The van der Waals surface area contributed by atoms with Crippen LogP contribution >= 0.6 is 11.6 Å². The smallest absolute Gasteiger partial charge is 0.264 e. The highest BCUT2D eigenvalue weighted by Crippen LogP contribution is 2.27. The molecule has 0 aliphatic rings. The Kier molecular flexibility index (Phi) is 7.51. The number of halogens is 3. The molecule has 0 unspecified atom stereocenters. The Labute approximate surface area is 204 Å². The number of nitrogens with one attached hydrogen (secondary N) is 3. The van der Waals surface area contributed by atoms with Crippen LogP contribution in [0.2, 0.25) is 5.15 Å². The summed E-state index contributed by atoms with van der Waals surface area (Å²) in [5.74, 6) is -1.32. The van der Waals surface area contributed by atoms with Crippen LogP contribution < -0.4 is 14.8 Å². The third-order valence-corrected chi connectivity index (χ3v) is 6.82. The van der Waals surface area contributed by atoms with Crippen LogP contribution in [0, 0.1) is 11.6 Å². The second-order valence-corrected chi connectivity index (χ2v) is 9.54. The fraction of sp³-hybridized carbons (Fsp3) is 0.174. The standard InChI is InChI=1S/C23H21ClF2N4O4S/c24-23-15-9-8-14(12-19(15)28-29-23)34-11-10-27-13-20(31)16-4-3-6-18(22(16)26)30-35(32,33)21-7-2-1-5-17(21)25/h1-9,12,20,27,30-31H,10-11,13H2,(H,28,29)/t20-/m0/s1. The van der Waals surface area contributed by atoms with Crippen molar-refractivity contribution in [2.75, 3.05) is 24.4 Å². The van der Waals surface area contributed by atoms with Crippen molar-refractivity contribution in [3.05, 3.63) is 83.0 Å². The average molecular weight is 523 g/mol. The molecule has 0 fully saturated rings. The van der Waals surface area contributed by atoms with Crippen molar-refractivity contribution in [3.8, 4) is 5.75 Å². The number of aliphatic hydroxyl groups excluding tert-OH is 1. The number of rotatable bonds is 10. The lowest BCUT2D eigenvalue weighted by atomic mass is 10.1. The zero-order chi connectivity index (χ0) is 25.0. The van der Waals surface area contributed by atoms with E-state index in [1.165, 1.54) is 30.3 Å². The SMILES string of the molecule is O=S(=O)(Nc1cccc([C@@H](O)CNCCOc2ccc3c(Cl)n[nH]c3c2)c1F)c1ccccc1F. The van der Waals surface area contributed by atoms with Crippen LogP contribution in [0.25, 0.3) is 10.9 Å². The van der Waals surface area contributed by atoms with Crippen LogP contribution in [0.15, 0.2) is 65.6 Å². The highest BCUT2D eigenvalue weighted by molar-refractivity contribution is 7.92. The molecule has 4 rings (SSSR count). The lowest BCUT2D eigenvalue weighted by Gasteiger charge is -2.16. The maximum Gasteiger partial charge on any atom is 0.264 e. The molecule has 35 heavy (non-hydrogen) atoms. The van der Waals surface area contributed by atoms with Gasteiger partial charge in [0.05, 0.1) is 17.3 Å². The van der Waals surface area contributed by atoms with Gasteiger partial charge in [-0.15, -0.1) is 0 Å². The third kappa shape index (κ3) is 5.70. The molecule has 4 N–H and O–H groups in total. The molecular formula is C23H21ClF2N4O4S. The number of aromatic nitrogens is 2. The molecule has 3 aromatic carbocycles. The Morgan fingerprint density at radius 1 is 1.11 bits per heavy atom. The van der Waals surface area contributed by atoms with Gasteiger partial charge in [-0.2, -0.15) is 5.10 Å². The van der Waals surface area contributed by atoms with Crippen LogP contribution in [0.3, 0.4) is 0 Å². The van der Waals surface area contributed by atoms with Crippen molar-refractivity contribution in [3.63, 3.8) is 0 Å². The minimum absolute atomic E-state index is 0.0149. The van der Waals surface area contributed by atoms with Crippen LogP contribution in [-0.4, -0.2) is 43.4 Å². The van der Waals surface area contributed by atoms with Crippen LogP contribution in [0.4, 0.5) is 14.5 Å². The van der Waals surface area contributed by atoms with Crippen LogP contribution in [0.5, 0.6) is 5.75 Å². The number of fused-ring (bicyclic) bond motifs is 1. The Morgan fingerprint density at radius 3 is 2.71 bits per heavy atom. The summed E-state index contributed by atoms with van der Waals surface area (Å²) in [6, 6.07) is 14.0. The highest BCUT2D eigenvalue weighted by atomic mass is 35.5. The molecule has 0 aliphatic heterocycles. The number of sulfonamides is 1. The fourth-order valence-electron chi connectivity index (χ4n) is 3.39. The van der Waals surface area contributed by atoms with Gasteiger partial charge < -0.3 is 15.2 Å². The summed E-state index contributed by atoms with van der Waals surface area (Å²) in [6.45, 7) is 0.601. The van der Waals surface area contributed by atoms with E-state index in [1.54, 1.807) is 18.2 Å². The molecule has 0 spiro atoms. The zero-order valence-corrected chi connectivity index (χ0v) is 19.7. The quantitative estimate of drug-likeness (QED) is 0.234. The molecule has 0 amide bonds. The van der Waals surface area contributed by atoms with Crippen molar-refractivity contribution >= 4 is 38.2 Å². The Bertz CT molecular complexity index is 1450. The molecule has 0 radical (unpaired) electrons. The molecule has 1 atom stereocenters. The highest BCUT2D eigenvalue weighted by Gasteiger charge is 2.22. The van der Waals surface area contributed by atoms with Crippen molar-refractivity contribution in [2.24, 2.45) is 0 Å². The van der Waals surface area contributed by atoms with E-state index >= 15 is 0 Å². The van der Waals surface area contributed by atoms with Gasteiger partial charge in [0.15, 0.2) is 11.0 Å². The summed E-state index contributed by atoms with van der Waals surface area (Å²) in [4.78, 5) is -0.609. The van der Waals surface area contributed by atoms with Gasteiger partial charge in [-0.1, -0.05) is 35.9 Å². The Hall–Kier alpha value is -3.25. The third-order valence-electron chi connectivity index (χ3n) is 5.13. The molecule has 0 saturated carbocycles. The number of aliphatic hydroxyl groups is 1. The first-order chi connectivity index (χ1) is 16.8. The van der Waals surface area contributed by atoms with Crippen molar-refractivity contribution in [1.29, 1.82) is 0 Å². The van der Waals surface area contributed by atoms with E-state index in [1.807, 2.05) is 4.72 Å². The van der Waals surface area contributed by atoms with E-state index in [9.17, 15) is 22.3 Å². The van der Waals surface area contributed by atoms with Gasteiger partial charge in [-0.25, -0.2) is 17.2 Å². The first-order valence-electron chi connectivity index (χ1n) is 10.5. The molecule has 1 heterocycles. The van der Waals surface area contributed by atoms with Gasteiger partial charge in [0.1, 0.15) is 23.1 Å². The lowest BCUT2D eigenvalue weighted by molar-refractivity contribution is 0.167. The molecule has 1 aromatic heterocycles. The van der Waals surface area contributed by atoms with Gasteiger partial charge in [0, 0.05) is 30.1 Å². The monoisotopic (exact) mass is 522 g/mol. The molecule has 4 aromatic rings. The fourth-order valence-corrected chi connectivity index (χ4v) is 4.74. The van der Waals surface area contributed by atoms with Crippen LogP contribution in [0.1, 0.15) is 11.7 Å². The number of benzene rings is 3. The summed E-state index contributed by atoms with van der Waals surface area (Å²) < 4.78 is 61.5. The minimum Gasteiger partial charge on any atom is -0.492 e. The molecule has 12 heteroatoms. The number of H-pyrrole nitrogens is 1. The van der Waals surface area contributed by atoms with E-state index in [0.29, 0.717) is 17.4 Å². The normalized spacial score (nSPS) is 12.6. The first-order valence-corrected chi connectivity index (χ1v) is 12.3. The molecule has 8 nitrogen and oxygen atoms in total. The summed E-state index contributed by atoms with van der Waals surface area (Å²) in [7, 11) is -4.36. The summed E-state index contributed by atoms with van der Waals surface area (Å²) in [6.07, 6.45) is -1.27. The topological polar surface area (TPSA) is 116 Å². The summed E-state index contributed by atoms with van der Waals surface area (Å²) >= 11 is 5.95. The van der Waals surface area contributed by atoms with E-state index in [2.05, 4.69) is 15.5 Å². The second kappa shape index (κ2) is 10.6. The van der Waals surface area contributed by atoms with Crippen molar-refractivity contribution in [1.82, 2.24) is 15.5 Å². The van der Waals surface area contributed by atoms with Crippen LogP contribution in [-0.2, 0) is 10.0 Å². The Balaban J connectivity index is 1.32. The largest absolute Gasteiger partial charge is 0.492 e. The first kappa shape index (κ1) is 24.9. The molecule has 0 bridgehead atoms. The van der Waals surface area contributed by atoms with Crippen molar-refractivity contribution in [2.45, 2.75) is 11.0 Å². The van der Waals surface area contributed by atoms with Gasteiger partial charge in [0.2, 0.25) is 0 Å².